The minimum absolute atomic E-state index is 0.0288. The van der Waals surface area contributed by atoms with E-state index in [0.717, 1.165) is 12.8 Å². The molecule has 0 bridgehead atoms. The lowest BCUT2D eigenvalue weighted by molar-refractivity contribution is 0.0302. The Balaban J connectivity index is 2.50. The van der Waals surface area contributed by atoms with Crippen LogP contribution in [0, 0.1) is 17.8 Å². The van der Waals surface area contributed by atoms with Crippen LogP contribution >= 0.6 is 11.6 Å². The summed E-state index contributed by atoms with van der Waals surface area (Å²) in [5.74, 6) is 1.79. The van der Waals surface area contributed by atoms with Crippen molar-refractivity contribution in [2.24, 2.45) is 17.8 Å². The first kappa shape index (κ1) is 11.8. The second kappa shape index (κ2) is 5.01. The van der Waals surface area contributed by atoms with Gasteiger partial charge in [-0.15, -0.1) is 0 Å². The van der Waals surface area contributed by atoms with Crippen molar-refractivity contribution >= 4 is 17.0 Å². The molecule has 0 aliphatic heterocycles. The molecule has 3 atom stereocenters. The maximum absolute atomic E-state index is 10.7. The highest BCUT2D eigenvalue weighted by molar-refractivity contribution is 6.61. The van der Waals surface area contributed by atoms with Gasteiger partial charge in [0.1, 0.15) is 6.10 Å². The number of carbonyl (C=O) groups excluding carboxylic acids is 1. The predicted molar refractivity (Wildman–Crippen MR) is 57.5 cm³/mol. The Morgan fingerprint density at radius 3 is 2.57 bits per heavy atom. The molecule has 1 fully saturated rings. The molecule has 1 aliphatic rings. The zero-order valence-electron chi connectivity index (χ0n) is 9.13. The second-order valence-electron chi connectivity index (χ2n) is 4.69. The van der Waals surface area contributed by atoms with E-state index in [9.17, 15) is 4.79 Å². The first-order valence-electron chi connectivity index (χ1n) is 5.36. The van der Waals surface area contributed by atoms with Crippen LogP contribution in [-0.2, 0) is 4.74 Å². The monoisotopic (exact) mass is 218 g/mol. The van der Waals surface area contributed by atoms with Gasteiger partial charge in [0.15, 0.2) is 0 Å². The van der Waals surface area contributed by atoms with Crippen LogP contribution in [-0.4, -0.2) is 11.5 Å². The van der Waals surface area contributed by atoms with Gasteiger partial charge in [-0.1, -0.05) is 20.8 Å². The summed E-state index contributed by atoms with van der Waals surface area (Å²) in [5.41, 5.74) is -0.661. The molecular weight excluding hydrogens is 200 g/mol. The maximum atomic E-state index is 10.7. The fraction of sp³-hybridized carbons (Fsp3) is 0.909. The summed E-state index contributed by atoms with van der Waals surface area (Å²) < 4.78 is 5.11. The average Bonchev–Trinajstić information content (AvgIpc) is 2.07. The molecule has 0 aromatic heterocycles. The molecule has 1 saturated carbocycles. The van der Waals surface area contributed by atoms with Crippen LogP contribution in [0.15, 0.2) is 0 Å². The van der Waals surface area contributed by atoms with E-state index >= 15 is 0 Å². The quantitative estimate of drug-likeness (QED) is 0.659. The Morgan fingerprint density at radius 1 is 1.43 bits per heavy atom. The smallest absolute Gasteiger partial charge is 0.404 e. The zero-order valence-corrected chi connectivity index (χ0v) is 9.88. The number of halogens is 1. The van der Waals surface area contributed by atoms with E-state index in [1.807, 2.05) is 0 Å². The highest BCUT2D eigenvalue weighted by Gasteiger charge is 2.31. The van der Waals surface area contributed by atoms with Crippen molar-refractivity contribution in [2.75, 3.05) is 0 Å². The van der Waals surface area contributed by atoms with Gasteiger partial charge in [-0.05, 0) is 37.0 Å². The number of carbonyl (C=O) groups is 1. The molecule has 1 rings (SSSR count). The third-order valence-electron chi connectivity index (χ3n) is 3.35. The molecular formula is C11H19ClO2. The van der Waals surface area contributed by atoms with E-state index in [-0.39, 0.29) is 6.10 Å². The van der Waals surface area contributed by atoms with Crippen molar-refractivity contribution in [3.05, 3.63) is 0 Å². The van der Waals surface area contributed by atoms with Crippen molar-refractivity contribution in [1.82, 2.24) is 0 Å². The summed E-state index contributed by atoms with van der Waals surface area (Å²) in [4.78, 5) is 10.7. The van der Waals surface area contributed by atoms with Gasteiger partial charge in [0, 0.05) is 11.6 Å². The number of hydrogen-bond donors (Lipinski definition) is 0. The van der Waals surface area contributed by atoms with Crippen molar-refractivity contribution in [1.29, 1.82) is 0 Å². The number of ether oxygens (including phenoxy) is 1. The van der Waals surface area contributed by atoms with Gasteiger partial charge >= 0.3 is 5.43 Å². The van der Waals surface area contributed by atoms with Crippen LogP contribution in [0.3, 0.4) is 0 Å². The Morgan fingerprint density at radius 2 is 2.07 bits per heavy atom. The summed E-state index contributed by atoms with van der Waals surface area (Å²) in [6.07, 6.45) is 3.38. The van der Waals surface area contributed by atoms with Crippen LogP contribution in [0.4, 0.5) is 4.79 Å². The predicted octanol–water partition coefficient (Wildman–Crippen LogP) is 3.82. The molecule has 82 valence electrons. The van der Waals surface area contributed by atoms with Crippen LogP contribution in [0.2, 0.25) is 0 Å². The Bertz CT molecular complexity index is 203. The van der Waals surface area contributed by atoms with Crippen LogP contribution < -0.4 is 0 Å². The van der Waals surface area contributed by atoms with Crippen molar-refractivity contribution in [2.45, 2.75) is 46.1 Å². The molecule has 3 heteroatoms. The fourth-order valence-corrected chi connectivity index (χ4v) is 2.31. The van der Waals surface area contributed by atoms with Gasteiger partial charge in [-0.3, -0.25) is 0 Å². The van der Waals surface area contributed by atoms with Crippen molar-refractivity contribution < 1.29 is 9.53 Å². The lowest BCUT2D eigenvalue weighted by atomic mass is 9.76. The minimum atomic E-state index is -0.661. The Hall–Kier alpha value is -0.240. The Labute approximate surface area is 91.0 Å². The van der Waals surface area contributed by atoms with E-state index in [4.69, 9.17) is 16.3 Å². The van der Waals surface area contributed by atoms with E-state index in [2.05, 4.69) is 20.8 Å². The first-order chi connectivity index (χ1) is 6.50. The van der Waals surface area contributed by atoms with E-state index < -0.39 is 5.43 Å². The van der Waals surface area contributed by atoms with Crippen LogP contribution in [0.25, 0.3) is 0 Å². The summed E-state index contributed by atoms with van der Waals surface area (Å²) in [7, 11) is 0. The van der Waals surface area contributed by atoms with E-state index in [1.165, 1.54) is 6.42 Å². The van der Waals surface area contributed by atoms with Gasteiger partial charge in [-0.25, -0.2) is 4.79 Å². The van der Waals surface area contributed by atoms with Gasteiger partial charge in [0.25, 0.3) is 0 Å². The Kier molecular flexibility index (Phi) is 4.24. The van der Waals surface area contributed by atoms with Gasteiger partial charge < -0.3 is 4.74 Å². The standard InChI is InChI=1S/C11H19ClO2/c1-7(2)9-5-4-8(3)10(6-9)14-11(12)13/h7-10H,4-6H2,1-3H3/t8-,9?,10+/m1/s1. The third kappa shape index (κ3) is 3.16. The maximum Gasteiger partial charge on any atom is 0.404 e. The summed E-state index contributed by atoms with van der Waals surface area (Å²) in [5, 5.41) is 0. The largest absolute Gasteiger partial charge is 0.450 e. The molecule has 0 N–H and O–H groups in total. The minimum Gasteiger partial charge on any atom is -0.450 e. The van der Waals surface area contributed by atoms with E-state index in [0.29, 0.717) is 17.8 Å². The molecule has 0 heterocycles. The van der Waals surface area contributed by atoms with Crippen LogP contribution in [0.1, 0.15) is 40.0 Å². The molecule has 0 aromatic carbocycles. The lowest BCUT2D eigenvalue weighted by Crippen LogP contribution is -2.32. The van der Waals surface area contributed by atoms with Crippen molar-refractivity contribution in [3.8, 4) is 0 Å². The third-order valence-corrected chi connectivity index (χ3v) is 3.44. The molecule has 0 spiro atoms. The highest BCUT2D eigenvalue weighted by atomic mass is 35.5. The number of rotatable bonds is 2. The second-order valence-corrected chi connectivity index (χ2v) is 5.00. The van der Waals surface area contributed by atoms with Gasteiger partial charge in [-0.2, -0.15) is 0 Å². The number of hydrogen-bond acceptors (Lipinski definition) is 2. The normalized spacial score (nSPS) is 33.1. The van der Waals surface area contributed by atoms with E-state index in [1.54, 1.807) is 0 Å². The average molecular weight is 219 g/mol. The highest BCUT2D eigenvalue weighted by Crippen LogP contribution is 2.35. The molecule has 2 nitrogen and oxygen atoms in total. The molecule has 0 amide bonds. The lowest BCUT2D eigenvalue weighted by Gasteiger charge is -2.35. The molecule has 0 saturated heterocycles. The molecule has 1 unspecified atom stereocenters. The van der Waals surface area contributed by atoms with Crippen molar-refractivity contribution in [3.63, 3.8) is 0 Å². The molecule has 1 aliphatic carbocycles. The summed E-state index contributed by atoms with van der Waals surface area (Å²) in [6.45, 7) is 6.57. The zero-order chi connectivity index (χ0) is 10.7. The molecule has 0 radical (unpaired) electrons. The SMILES string of the molecule is CC(C)C1CC[C@@H](C)[C@@H](OC(=O)Cl)C1. The molecule has 14 heavy (non-hydrogen) atoms. The van der Waals surface area contributed by atoms with Gasteiger partial charge in [0.2, 0.25) is 0 Å². The van der Waals surface area contributed by atoms with Crippen LogP contribution in [0.5, 0.6) is 0 Å². The summed E-state index contributed by atoms with van der Waals surface area (Å²) in [6, 6.07) is 0. The fourth-order valence-electron chi connectivity index (χ4n) is 2.20. The van der Waals surface area contributed by atoms with Gasteiger partial charge in [0.05, 0.1) is 0 Å². The topological polar surface area (TPSA) is 26.3 Å². The molecule has 0 aromatic rings. The first-order valence-corrected chi connectivity index (χ1v) is 5.74. The summed E-state index contributed by atoms with van der Waals surface area (Å²) >= 11 is 5.24.